The van der Waals surface area contributed by atoms with Crippen molar-refractivity contribution in [1.29, 1.82) is 0 Å². The van der Waals surface area contributed by atoms with Crippen LogP contribution in [-0.4, -0.2) is 26.9 Å². The summed E-state index contributed by atoms with van der Waals surface area (Å²) in [5.74, 6) is -0.996. The zero-order chi connectivity index (χ0) is 15.4. The molecule has 1 heterocycles. The number of aliphatic carboxylic acids is 1. The number of rotatable bonds is 4. The second-order valence-corrected chi connectivity index (χ2v) is 4.72. The molecule has 7 heteroatoms. The maximum absolute atomic E-state index is 11.9. The summed E-state index contributed by atoms with van der Waals surface area (Å²) in [6, 6.07) is 5.31. The SMILES string of the molecule is Cc1ccc(NC(=O)Nc2cnn(CC(=O)O)c2)c(C)c1. The van der Waals surface area contributed by atoms with Crippen molar-refractivity contribution < 1.29 is 14.7 Å². The number of amides is 2. The van der Waals surface area contributed by atoms with Crippen molar-refractivity contribution in [3.63, 3.8) is 0 Å². The number of nitrogens with zero attached hydrogens (tertiary/aromatic N) is 2. The Hall–Kier alpha value is -2.83. The number of carboxylic acids is 1. The van der Waals surface area contributed by atoms with Crippen LogP contribution in [0.4, 0.5) is 16.2 Å². The molecule has 110 valence electrons. The van der Waals surface area contributed by atoms with E-state index in [1.165, 1.54) is 17.1 Å². The van der Waals surface area contributed by atoms with Crippen LogP contribution in [0.1, 0.15) is 11.1 Å². The summed E-state index contributed by atoms with van der Waals surface area (Å²) >= 11 is 0. The van der Waals surface area contributed by atoms with E-state index in [2.05, 4.69) is 15.7 Å². The number of anilines is 2. The van der Waals surface area contributed by atoms with Crippen LogP contribution in [-0.2, 0) is 11.3 Å². The lowest BCUT2D eigenvalue weighted by Gasteiger charge is -2.09. The van der Waals surface area contributed by atoms with E-state index in [9.17, 15) is 9.59 Å². The van der Waals surface area contributed by atoms with Crippen molar-refractivity contribution in [3.8, 4) is 0 Å². The first-order valence-electron chi connectivity index (χ1n) is 6.33. The van der Waals surface area contributed by atoms with E-state index in [1.807, 2.05) is 32.0 Å². The lowest BCUT2D eigenvalue weighted by atomic mass is 10.1. The normalized spacial score (nSPS) is 10.2. The van der Waals surface area contributed by atoms with Crippen LogP contribution in [0.15, 0.2) is 30.6 Å². The van der Waals surface area contributed by atoms with E-state index in [-0.39, 0.29) is 6.54 Å². The second kappa shape index (κ2) is 6.08. The zero-order valence-electron chi connectivity index (χ0n) is 11.8. The highest BCUT2D eigenvalue weighted by atomic mass is 16.4. The molecular weight excluding hydrogens is 272 g/mol. The van der Waals surface area contributed by atoms with Gasteiger partial charge in [-0.1, -0.05) is 17.7 Å². The Bertz CT molecular complexity index is 679. The van der Waals surface area contributed by atoms with Crippen LogP contribution in [0, 0.1) is 13.8 Å². The van der Waals surface area contributed by atoms with Crippen LogP contribution in [0.5, 0.6) is 0 Å². The molecule has 0 aliphatic rings. The van der Waals surface area contributed by atoms with Crippen molar-refractivity contribution in [2.45, 2.75) is 20.4 Å². The Morgan fingerprint density at radius 1 is 1.29 bits per heavy atom. The molecule has 3 N–H and O–H groups in total. The highest BCUT2D eigenvalue weighted by Gasteiger charge is 2.07. The summed E-state index contributed by atoms with van der Waals surface area (Å²) in [4.78, 5) is 22.4. The number of carbonyl (C=O) groups is 2. The molecule has 1 aromatic heterocycles. The van der Waals surface area contributed by atoms with Crippen molar-refractivity contribution in [2.24, 2.45) is 0 Å². The first-order chi connectivity index (χ1) is 9.94. The number of hydrogen-bond acceptors (Lipinski definition) is 3. The van der Waals surface area contributed by atoms with Gasteiger partial charge in [-0.15, -0.1) is 0 Å². The van der Waals surface area contributed by atoms with Gasteiger partial charge in [-0.05, 0) is 25.5 Å². The predicted molar refractivity (Wildman–Crippen MR) is 78.4 cm³/mol. The topological polar surface area (TPSA) is 96.3 Å². The fraction of sp³-hybridized carbons (Fsp3) is 0.214. The predicted octanol–water partition coefficient (Wildman–Crippen LogP) is 2.23. The van der Waals surface area contributed by atoms with Crippen LogP contribution >= 0.6 is 0 Å². The largest absolute Gasteiger partial charge is 0.480 e. The third kappa shape index (κ3) is 4.07. The van der Waals surface area contributed by atoms with Crippen LogP contribution < -0.4 is 10.6 Å². The lowest BCUT2D eigenvalue weighted by molar-refractivity contribution is -0.137. The fourth-order valence-electron chi connectivity index (χ4n) is 1.89. The molecule has 0 aliphatic heterocycles. The molecule has 2 amide bonds. The van der Waals surface area contributed by atoms with Crippen molar-refractivity contribution in [1.82, 2.24) is 9.78 Å². The number of carbonyl (C=O) groups excluding carboxylic acids is 1. The van der Waals surface area contributed by atoms with Gasteiger partial charge in [0.25, 0.3) is 0 Å². The minimum Gasteiger partial charge on any atom is -0.480 e. The lowest BCUT2D eigenvalue weighted by Crippen LogP contribution is -2.19. The average molecular weight is 288 g/mol. The molecule has 0 saturated carbocycles. The van der Waals surface area contributed by atoms with Gasteiger partial charge in [0.05, 0.1) is 11.9 Å². The Labute approximate surface area is 121 Å². The third-order valence-electron chi connectivity index (χ3n) is 2.82. The zero-order valence-corrected chi connectivity index (χ0v) is 11.8. The molecule has 0 unspecified atom stereocenters. The molecule has 0 spiro atoms. The van der Waals surface area contributed by atoms with Crippen molar-refractivity contribution in [2.75, 3.05) is 10.6 Å². The molecule has 1 aromatic carbocycles. The van der Waals surface area contributed by atoms with Gasteiger partial charge in [0.2, 0.25) is 0 Å². The van der Waals surface area contributed by atoms with Gasteiger partial charge in [-0.3, -0.25) is 9.48 Å². The average Bonchev–Trinajstić information content (AvgIpc) is 2.79. The molecule has 7 nitrogen and oxygen atoms in total. The molecule has 0 bridgehead atoms. The minimum atomic E-state index is -0.996. The molecule has 21 heavy (non-hydrogen) atoms. The molecule has 2 rings (SSSR count). The van der Waals surface area contributed by atoms with Gasteiger partial charge >= 0.3 is 12.0 Å². The Balaban J connectivity index is 1.98. The number of hydrogen-bond donors (Lipinski definition) is 3. The number of benzene rings is 1. The Morgan fingerprint density at radius 3 is 2.71 bits per heavy atom. The monoisotopic (exact) mass is 288 g/mol. The number of carboxylic acid groups (broad SMARTS) is 1. The molecule has 0 fully saturated rings. The molecule has 0 saturated heterocycles. The maximum atomic E-state index is 11.9. The quantitative estimate of drug-likeness (QED) is 0.803. The number of aromatic nitrogens is 2. The van der Waals surface area contributed by atoms with Gasteiger partial charge in [-0.2, -0.15) is 5.10 Å². The van der Waals surface area contributed by atoms with E-state index >= 15 is 0 Å². The maximum Gasteiger partial charge on any atom is 0.325 e. The fourth-order valence-corrected chi connectivity index (χ4v) is 1.89. The summed E-state index contributed by atoms with van der Waals surface area (Å²) < 4.78 is 1.23. The number of urea groups is 1. The first kappa shape index (κ1) is 14.6. The van der Waals surface area contributed by atoms with Gasteiger partial charge in [0, 0.05) is 11.9 Å². The summed E-state index contributed by atoms with van der Waals surface area (Å²) in [6.45, 7) is 3.64. The van der Waals surface area contributed by atoms with Gasteiger partial charge < -0.3 is 15.7 Å². The molecular formula is C14H16N4O3. The highest BCUT2D eigenvalue weighted by molar-refractivity contribution is 6.00. The van der Waals surface area contributed by atoms with Crippen LogP contribution in [0.3, 0.4) is 0 Å². The summed E-state index contributed by atoms with van der Waals surface area (Å²) in [6.07, 6.45) is 2.85. The standard InChI is InChI=1S/C14H16N4O3/c1-9-3-4-12(10(2)5-9)17-14(21)16-11-6-15-18(7-11)8-13(19)20/h3-7H,8H2,1-2H3,(H,19,20)(H2,16,17,21). The van der Waals surface area contributed by atoms with E-state index in [0.717, 1.165) is 16.8 Å². The Morgan fingerprint density at radius 2 is 2.05 bits per heavy atom. The van der Waals surface area contributed by atoms with Crippen LogP contribution in [0.2, 0.25) is 0 Å². The van der Waals surface area contributed by atoms with E-state index in [4.69, 9.17) is 5.11 Å². The smallest absolute Gasteiger partial charge is 0.325 e. The van der Waals surface area contributed by atoms with E-state index < -0.39 is 12.0 Å². The highest BCUT2D eigenvalue weighted by Crippen LogP contribution is 2.16. The second-order valence-electron chi connectivity index (χ2n) is 4.72. The van der Waals surface area contributed by atoms with E-state index in [1.54, 1.807) is 0 Å². The summed E-state index contributed by atoms with van der Waals surface area (Å²) in [5.41, 5.74) is 3.23. The van der Waals surface area contributed by atoms with Crippen LogP contribution in [0.25, 0.3) is 0 Å². The first-order valence-corrected chi connectivity index (χ1v) is 6.33. The molecule has 0 aliphatic carbocycles. The number of aryl methyl sites for hydroxylation is 2. The van der Waals surface area contributed by atoms with Gasteiger partial charge in [0.1, 0.15) is 6.54 Å². The molecule has 2 aromatic rings. The van der Waals surface area contributed by atoms with Crippen molar-refractivity contribution in [3.05, 3.63) is 41.7 Å². The molecule has 0 radical (unpaired) electrons. The van der Waals surface area contributed by atoms with E-state index in [0.29, 0.717) is 5.69 Å². The van der Waals surface area contributed by atoms with Gasteiger partial charge in [-0.25, -0.2) is 4.79 Å². The van der Waals surface area contributed by atoms with Crippen molar-refractivity contribution >= 4 is 23.4 Å². The van der Waals surface area contributed by atoms with Gasteiger partial charge in [0.15, 0.2) is 0 Å². The summed E-state index contributed by atoms with van der Waals surface area (Å²) in [7, 11) is 0. The summed E-state index contributed by atoms with van der Waals surface area (Å²) in [5, 5.41) is 17.8. The number of nitrogens with one attached hydrogen (secondary N) is 2. The minimum absolute atomic E-state index is 0.250. The third-order valence-corrected chi connectivity index (χ3v) is 2.82. The molecule has 0 atom stereocenters. The Kier molecular flexibility index (Phi) is 4.22.